The van der Waals surface area contributed by atoms with E-state index < -0.39 is 22.3 Å². The lowest BCUT2D eigenvalue weighted by Gasteiger charge is -2.36. The average Bonchev–Trinajstić information content (AvgIpc) is 3.13. The van der Waals surface area contributed by atoms with Crippen molar-refractivity contribution in [1.29, 1.82) is 0 Å². The van der Waals surface area contributed by atoms with Crippen molar-refractivity contribution >= 4 is 27.8 Å². The van der Waals surface area contributed by atoms with Crippen molar-refractivity contribution in [3.63, 3.8) is 0 Å². The van der Waals surface area contributed by atoms with Crippen molar-refractivity contribution in [2.45, 2.75) is 47.9 Å². The fraction of sp³-hybridized carbons (Fsp3) is 0.184. The lowest BCUT2D eigenvalue weighted by Crippen LogP contribution is -2.31. The number of aliphatic hydroxyl groups excluding tert-OH is 1. The average molecular weight is 682 g/mol. The molecule has 0 aromatic heterocycles. The van der Waals surface area contributed by atoms with Gasteiger partial charge in [-0.05, 0) is 58.1 Å². The molecule has 5 aromatic carbocycles. The van der Waals surface area contributed by atoms with Gasteiger partial charge in [0.1, 0.15) is 0 Å². The maximum absolute atomic E-state index is 12.7. The maximum Gasteiger partial charge on any atom is 0.336 e. The number of rotatable bonds is 12. The largest absolute Gasteiger partial charge is 0.478 e. The number of carboxylic acids is 1. The Morgan fingerprint density at radius 3 is 2.21 bits per heavy atom. The van der Waals surface area contributed by atoms with Crippen LogP contribution in [-0.4, -0.2) is 36.5 Å². The van der Waals surface area contributed by atoms with Crippen LogP contribution >= 0.6 is 11.8 Å². The number of aliphatic hydroxyl groups is 1. The molecule has 0 bridgehead atoms. The van der Waals surface area contributed by atoms with E-state index in [1.54, 1.807) is 42.5 Å². The van der Waals surface area contributed by atoms with Crippen molar-refractivity contribution in [3.8, 4) is 11.1 Å². The first-order chi connectivity index (χ1) is 23.3. The number of nitrogens with one attached hydrogen (secondary N) is 1. The molecule has 0 aliphatic carbocycles. The second-order valence-corrected chi connectivity index (χ2v) is 14.3. The Hall–Kier alpha value is -4.29. The van der Waals surface area contributed by atoms with E-state index in [1.807, 2.05) is 84.9 Å². The van der Waals surface area contributed by atoms with E-state index >= 15 is 0 Å². The molecule has 1 aliphatic rings. The molecule has 5 aromatic rings. The van der Waals surface area contributed by atoms with Gasteiger partial charge in [-0.1, -0.05) is 97.1 Å². The van der Waals surface area contributed by atoms with Gasteiger partial charge in [-0.2, -0.15) is 0 Å². The molecule has 0 saturated carbocycles. The number of carbonyl (C=O) groups is 1. The number of hydrogen-bond acceptors (Lipinski definition) is 7. The minimum absolute atomic E-state index is 0.0433. The van der Waals surface area contributed by atoms with Crippen LogP contribution in [-0.2, 0) is 32.6 Å². The highest BCUT2D eigenvalue weighted by atomic mass is 32.2. The third-order valence-electron chi connectivity index (χ3n) is 8.12. The predicted octanol–water partition coefficient (Wildman–Crippen LogP) is 7.36. The van der Waals surface area contributed by atoms with E-state index in [-0.39, 0.29) is 35.8 Å². The maximum atomic E-state index is 12.7. The van der Waals surface area contributed by atoms with Crippen molar-refractivity contribution in [1.82, 2.24) is 4.72 Å². The molecule has 48 heavy (non-hydrogen) atoms. The van der Waals surface area contributed by atoms with Crippen molar-refractivity contribution in [2.75, 3.05) is 5.75 Å². The van der Waals surface area contributed by atoms with E-state index in [0.29, 0.717) is 17.1 Å². The Kier molecular flexibility index (Phi) is 10.7. The standard InChI is InChI=1S/C38H35NO7S2/c40-24-26-13-15-29(16-14-26)35-22-32(25-47-36-12-5-4-11-34(36)37(41)42)45-38(46-35)30-19-17-28(18-20-30)31-8-6-7-27(21-31)23-39-48(43,44)33-9-2-1-3-10-33/h1-21,32,35,38-40H,22-25H2,(H,41,42). The van der Waals surface area contributed by atoms with Crippen LogP contribution in [0.5, 0.6) is 0 Å². The molecular formula is C38H35NO7S2. The van der Waals surface area contributed by atoms with Gasteiger partial charge in [0, 0.05) is 29.2 Å². The molecule has 246 valence electrons. The topological polar surface area (TPSA) is 122 Å². The summed E-state index contributed by atoms with van der Waals surface area (Å²) in [5.41, 5.74) is 5.60. The molecule has 3 atom stereocenters. The summed E-state index contributed by atoms with van der Waals surface area (Å²) in [6.45, 7) is 0.113. The minimum Gasteiger partial charge on any atom is -0.478 e. The quantitative estimate of drug-likeness (QED) is 0.117. The van der Waals surface area contributed by atoms with Crippen LogP contribution in [0.4, 0.5) is 0 Å². The lowest BCUT2D eigenvalue weighted by atomic mass is 9.99. The predicted molar refractivity (Wildman–Crippen MR) is 185 cm³/mol. The molecule has 1 aliphatic heterocycles. The Labute approximate surface area is 284 Å². The number of thioether (sulfide) groups is 1. The summed E-state index contributed by atoms with van der Waals surface area (Å²) in [6, 6.07) is 38.5. The van der Waals surface area contributed by atoms with Gasteiger partial charge in [-0.25, -0.2) is 17.9 Å². The van der Waals surface area contributed by atoms with Crippen LogP contribution in [0.3, 0.4) is 0 Å². The minimum atomic E-state index is -3.63. The molecule has 0 amide bonds. The molecule has 0 radical (unpaired) electrons. The summed E-state index contributed by atoms with van der Waals surface area (Å²) in [6.07, 6.45) is -0.577. The molecule has 1 heterocycles. The molecule has 6 rings (SSSR count). The van der Waals surface area contributed by atoms with Gasteiger partial charge in [-0.15, -0.1) is 11.8 Å². The zero-order valence-corrected chi connectivity index (χ0v) is 27.6. The number of benzene rings is 5. The van der Waals surface area contributed by atoms with Gasteiger partial charge in [0.25, 0.3) is 0 Å². The van der Waals surface area contributed by atoms with E-state index in [1.165, 1.54) is 11.8 Å². The third kappa shape index (κ3) is 8.22. The molecule has 0 spiro atoms. The highest BCUT2D eigenvalue weighted by Crippen LogP contribution is 2.40. The van der Waals surface area contributed by atoms with Gasteiger partial charge in [-0.3, -0.25) is 0 Å². The summed E-state index contributed by atoms with van der Waals surface area (Å²) < 4.78 is 41.0. The summed E-state index contributed by atoms with van der Waals surface area (Å²) >= 11 is 1.45. The highest BCUT2D eigenvalue weighted by molar-refractivity contribution is 7.99. The second-order valence-electron chi connectivity index (χ2n) is 11.4. The molecule has 10 heteroatoms. The fourth-order valence-corrected chi connectivity index (χ4v) is 7.63. The van der Waals surface area contributed by atoms with Crippen LogP contribution in [0.1, 0.15) is 51.4 Å². The Balaban J connectivity index is 1.18. The number of hydrogen-bond donors (Lipinski definition) is 3. The number of aromatic carboxylic acids is 1. The molecule has 1 saturated heterocycles. The Bertz CT molecular complexity index is 1950. The summed E-state index contributed by atoms with van der Waals surface area (Å²) in [4.78, 5) is 12.7. The first-order valence-corrected chi connectivity index (χ1v) is 18.0. The summed E-state index contributed by atoms with van der Waals surface area (Å²) in [5, 5.41) is 19.1. The van der Waals surface area contributed by atoms with Gasteiger partial charge in [0.05, 0.1) is 29.3 Å². The zero-order chi connectivity index (χ0) is 33.5. The smallest absolute Gasteiger partial charge is 0.336 e. The van der Waals surface area contributed by atoms with E-state index in [2.05, 4.69) is 4.72 Å². The van der Waals surface area contributed by atoms with E-state index in [0.717, 1.165) is 33.4 Å². The molecule has 3 unspecified atom stereocenters. The monoisotopic (exact) mass is 681 g/mol. The summed E-state index contributed by atoms with van der Waals surface area (Å²) in [5.74, 6) is -0.432. The van der Waals surface area contributed by atoms with Crippen LogP contribution in [0.15, 0.2) is 137 Å². The van der Waals surface area contributed by atoms with Gasteiger partial charge < -0.3 is 19.7 Å². The first-order valence-electron chi connectivity index (χ1n) is 15.5. The Morgan fingerprint density at radius 1 is 0.771 bits per heavy atom. The van der Waals surface area contributed by atoms with Gasteiger partial charge in [0.2, 0.25) is 10.0 Å². The van der Waals surface area contributed by atoms with Crippen molar-refractivity contribution in [2.24, 2.45) is 0 Å². The molecular weight excluding hydrogens is 647 g/mol. The van der Waals surface area contributed by atoms with E-state index in [4.69, 9.17) is 9.47 Å². The molecule has 1 fully saturated rings. The summed E-state index contributed by atoms with van der Waals surface area (Å²) in [7, 11) is -3.63. The van der Waals surface area contributed by atoms with Gasteiger partial charge in [0.15, 0.2) is 6.29 Å². The van der Waals surface area contributed by atoms with Crippen molar-refractivity contribution < 1.29 is 32.9 Å². The van der Waals surface area contributed by atoms with Crippen LogP contribution in [0, 0.1) is 0 Å². The second kappa shape index (κ2) is 15.3. The number of sulfonamides is 1. The lowest BCUT2D eigenvalue weighted by molar-refractivity contribution is -0.245. The van der Waals surface area contributed by atoms with E-state index in [9.17, 15) is 23.4 Å². The third-order valence-corrected chi connectivity index (χ3v) is 10.7. The van der Waals surface area contributed by atoms with Crippen LogP contribution < -0.4 is 4.72 Å². The number of carboxylic acid groups (broad SMARTS) is 1. The fourth-order valence-electron chi connectivity index (χ4n) is 5.53. The SMILES string of the molecule is O=C(O)c1ccccc1SCC1CC(c2ccc(CO)cc2)OC(c2ccc(-c3cccc(CNS(=O)(=O)c4ccccc4)c3)cc2)O1. The van der Waals surface area contributed by atoms with Crippen LogP contribution in [0.2, 0.25) is 0 Å². The van der Waals surface area contributed by atoms with Crippen molar-refractivity contribution in [3.05, 3.63) is 155 Å². The Morgan fingerprint density at radius 2 is 1.48 bits per heavy atom. The zero-order valence-electron chi connectivity index (χ0n) is 25.9. The molecule has 8 nitrogen and oxygen atoms in total. The van der Waals surface area contributed by atoms with Crippen LogP contribution in [0.25, 0.3) is 11.1 Å². The normalized spacial score (nSPS) is 18.0. The van der Waals surface area contributed by atoms with Gasteiger partial charge >= 0.3 is 5.97 Å². The number of ether oxygens (including phenoxy) is 2. The highest BCUT2D eigenvalue weighted by Gasteiger charge is 2.32. The first kappa shape index (κ1) is 33.6. The molecule has 3 N–H and O–H groups in total.